The lowest BCUT2D eigenvalue weighted by Gasteiger charge is -2.06. The van der Waals surface area contributed by atoms with Gasteiger partial charge in [0.05, 0.1) is 0 Å². The summed E-state index contributed by atoms with van der Waals surface area (Å²) in [7, 11) is 0. The number of unbranched alkanes of at least 4 members (excludes halogenated alkanes) is 2. The number of hydrogen-bond acceptors (Lipinski definition) is 1. The summed E-state index contributed by atoms with van der Waals surface area (Å²) in [4.78, 5) is 0. The normalized spacial score (nSPS) is 10.6. The van der Waals surface area contributed by atoms with Crippen LogP contribution in [-0.2, 0) is 6.54 Å². The van der Waals surface area contributed by atoms with Crippen LogP contribution in [0.15, 0.2) is 22.7 Å². The summed E-state index contributed by atoms with van der Waals surface area (Å²) in [6.45, 7) is 4.13. The van der Waals surface area contributed by atoms with E-state index in [2.05, 4.69) is 34.2 Å². The summed E-state index contributed by atoms with van der Waals surface area (Å²) >= 11 is 9.52. The molecule has 0 unspecified atom stereocenters. The summed E-state index contributed by atoms with van der Waals surface area (Å²) < 4.78 is 1.08. The van der Waals surface area contributed by atoms with Crippen LogP contribution in [0.5, 0.6) is 0 Å². The van der Waals surface area contributed by atoms with Gasteiger partial charge in [0.1, 0.15) is 0 Å². The van der Waals surface area contributed by atoms with E-state index in [1.54, 1.807) is 0 Å². The largest absolute Gasteiger partial charge is 0.313 e. The third-order valence-electron chi connectivity index (χ3n) is 2.28. The van der Waals surface area contributed by atoms with E-state index in [0.29, 0.717) is 0 Å². The van der Waals surface area contributed by atoms with Gasteiger partial charge in [-0.2, -0.15) is 0 Å². The first-order chi connectivity index (χ1) is 7.24. The molecule has 1 aromatic rings. The predicted octanol–water partition coefficient (Wildman–Crippen LogP) is 4.38. The van der Waals surface area contributed by atoms with Gasteiger partial charge in [-0.05, 0) is 36.7 Å². The van der Waals surface area contributed by atoms with Crippen LogP contribution in [0.25, 0.3) is 0 Å². The number of hydrogen-bond donors (Lipinski definition) is 1. The number of halogens is 2. The standard InChI is InChI=1S/C12H17BrClN/c1-2-3-4-7-15-9-10-8-11(13)5-6-12(10)14/h5-6,8,15H,2-4,7,9H2,1H3. The maximum Gasteiger partial charge on any atom is 0.0451 e. The average molecular weight is 291 g/mol. The lowest BCUT2D eigenvalue weighted by molar-refractivity contribution is 0.617. The fraction of sp³-hybridized carbons (Fsp3) is 0.500. The quantitative estimate of drug-likeness (QED) is 0.767. The van der Waals surface area contributed by atoms with Crippen molar-refractivity contribution in [3.8, 4) is 0 Å². The third kappa shape index (κ3) is 5.01. The Balaban J connectivity index is 2.33. The van der Waals surface area contributed by atoms with E-state index in [9.17, 15) is 0 Å². The molecule has 0 amide bonds. The van der Waals surface area contributed by atoms with Crippen molar-refractivity contribution in [2.24, 2.45) is 0 Å². The van der Waals surface area contributed by atoms with Gasteiger partial charge < -0.3 is 5.32 Å². The second-order valence-corrected chi connectivity index (χ2v) is 4.94. The van der Waals surface area contributed by atoms with Crippen molar-refractivity contribution in [1.29, 1.82) is 0 Å². The zero-order valence-electron chi connectivity index (χ0n) is 9.02. The molecule has 0 aliphatic rings. The lowest BCUT2D eigenvalue weighted by Crippen LogP contribution is -2.14. The Kier molecular flexibility index (Phi) is 6.30. The molecule has 0 saturated heterocycles. The van der Waals surface area contributed by atoms with Gasteiger partial charge >= 0.3 is 0 Å². The minimum atomic E-state index is 0.834. The Morgan fingerprint density at radius 1 is 1.33 bits per heavy atom. The summed E-state index contributed by atoms with van der Waals surface area (Å²) in [5, 5.41) is 4.23. The van der Waals surface area contributed by atoms with Crippen LogP contribution in [0.2, 0.25) is 5.02 Å². The van der Waals surface area contributed by atoms with Crippen LogP contribution >= 0.6 is 27.5 Å². The SMILES string of the molecule is CCCCCNCc1cc(Br)ccc1Cl. The Morgan fingerprint density at radius 3 is 2.87 bits per heavy atom. The molecule has 0 aliphatic heterocycles. The second-order valence-electron chi connectivity index (χ2n) is 3.62. The van der Waals surface area contributed by atoms with Crippen LogP contribution in [0.3, 0.4) is 0 Å². The lowest BCUT2D eigenvalue weighted by atomic mass is 10.2. The first kappa shape index (κ1) is 13.0. The Hall–Kier alpha value is -0.0500. The molecular formula is C12H17BrClN. The fourth-order valence-corrected chi connectivity index (χ4v) is 1.99. The molecule has 0 radical (unpaired) electrons. The van der Waals surface area contributed by atoms with Gasteiger partial charge in [0, 0.05) is 16.0 Å². The molecule has 0 aliphatic carbocycles. The molecular weight excluding hydrogens is 273 g/mol. The number of rotatable bonds is 6. The maximum atomic E-state index is 6.08. The minimum absolute atomic E-state index is 0.834. The molecule has 1 nitrogen and oxygen atoms in total. The second kappa shape index (κ2) is 7.26. The number of nitrogens with one attached hydrogen (secondary N) is 1. The highest BCUT2D eigenvalue weighted by Crippen LogP contribution is 2.20. The van der Waals surface area contributed by atoms with Crippen molar-refractivity contribution in [3.05, 3.63) is 33.3 Å². The van der Waals surface area contributed by atoms with Gasteiger partial charge in [0.2, 0.25) is 0 Å². The molecule has 0 fully saturated rings. The van der Waals surface area contributed by atoms with Gasteiger partial charge in [-0.1, -0.05) is 47.3 Å². The molecule has 84 valence electrons. The Bertz CT molecular complexity index is 302. The van der Waals surface area contributed by atoms with Crippen molar-refractivity contribution in [2.45, 2.75) is 32.7 Å². The van der Waals surface area contributed by atoms with Crippen LogP contribution in [0.1, 0.15) is 31.7 Å². The van der Waals surface area contributed by atoms with Gasteiger partial charge in [-0.15, -0.1) is 0 Å². The van der Waals surface area contributed by atoms with E-state index in [4.69, 9.17) is 11.6 Å². The summed E-state index contributed by atoms with van der Waals surface area (Å²) in [6, 6.07) is 5.95. The Labute approximate surface area is 105 Å². The van der Waals surface area contributed by atoms with Crippen molar-refractivity contribution in [1.82, 2.24) is 5.32 Å². The van der Waals surface area contributed by atoms with E-state index >= 15 is 0 Å². The van der Waals surface area contributed by atoms with Crippen molar-refractivity contribution in [2.75, 3.05) is 6.54 Å². The van der Waals surface area contributed by atoms with Crippen LogP contribution in [0.4, 0.5) is 0 Å². The monoisotopic (exact) mass is 289 g/mol. The number of benzene rings is 1. The summed E-state index contributed by atoms with van der Waals surface area (Å²) in [5.74, 6) is 0. The molecule has 0 spiro atoms. The zero-order chi connectivity index (χ0) is 11.1. The van der Waals surface area contributed by atoms with Crippen LogP contribution in [-0.4, -0.2) is 6.54 Å². The van der Waals surface area contributed by atoms with E-state index in [1.165, 1.54) is 19.3 Å². The molecule has 0 saturated carbocycles. The average Bonchev–Trinajstić information content (AvgIpc) is 2.23. The van der Waals surface area contributed by atoms with Crippen molar-refractivity contribution < 1.29 is 0 Å². The molecule has 0 bridgehead atoms. The van der Waals surface area contributed by atoms with Gasteiger partial charge in [0.25, 0.3) is 0 Å². The van der Waals surface area contributed by atoms with Gasteiger partial charge in [-0.3, -0.25) is 0 Å². The predicted molar refractivity (Wildman–Crippen MR) is 70.4 cm³/mol. The fourth-order valence-electron chi connectivity index (χ4n) is 1.40. The highest BCUT2D eigenvalue weighted by Gasteiger charge is 2.00. The first-order valence-electron chi connectivity index (χ1n) is 5.38. The first-order valence-corrected chi connectivity index (χ1v) is 6.55. The molecule has 1 N–H and O–H groups in total. The van der Waals surface area contributed by atoms with E-state index in [-0.39, 0.29) is 0 Å². The molecule has 0 atom stereocenters. The molecule has 15 heavy (non-hydrogen) atoms. The van der Waals surface area contributed by atoms with Gasteiger partial charge in [-0.25, -0.2) is 0 Å². The third-order valence-corrected chi connectivity index (χ3v) is 3.14. The van der Waals surface area contributed by atoms with E-state index < -0.39 is 0 Å². The minimum Gasteiger partial charge on any atom is -0.313 e. The summed E-state index contributed by atoms with van der Waals surface area (Å²) in [6.07, 6.45) is 3.79. The van der Waals surface area contributed by atoms with Gasteiger partial charge in [0.15, 0.2) is 0 Å². The smallest absolute Gasteiger partial charge is 0.0451 e. The molecule has 1 rings (SSSR count). The molecule has 0 heterocycles. The van der Waals surface area contributed by atoms with Crippen LogP contribution < -0.4 is 5.32 Å². The highest BCUT2D eigenvalue weighted by atomic mass is 79.9. The van der Waals surface area contributed by atoms with Crippen molar-refractivity contribution >= 4 is 27.5 Å². The topological polar surface area (TPSA) is 12.0 Å². The highest BCUT2D eigenvalue weighted by molar-refractivity contribution is 9.10. The van der Waals surface area contributed by atoms with Crippen molar-refractivity contribution in [3.63, 3.8) is 0 Å². The van der Waals surface area contributed by atoms with E-state index in [0.717, 1.165) is 28.1 Å². The zero-order valence-corrected chi connectivity index (χ0v) is 11.4. The summed E-state index contributed by atoms with van der Waals surface area (Å²) in [5.41, 5.74) is 1.16. The molecule has 0 aromatic heterocycles. The molecule has 3 heteroatoms. The molecule has 1 aromatic carbocycles. The van der Waals surface area contributed by atoms with Crippen LogP contribution in [0, 0.1) is 0 Å². The maximum absolute atomic E-state index is 6.08. The van der Waals surface area contributed by atoms with E-state index in [1.807, 2.05) is 12.1 Å². The Morgan fingerprint density at radius 2 is 2.13 bits per heavy atom.